The molecule has 2 aliphatic rings. The minimum atomic E-state index is -4.97. The molecule has 0 amide bonds. The Hall–Kier alpha value is -7.46. The second-order valence-electron chi connectivity index (χ2n) is 20.0. The van der Waals surface area contributed by atoms with Gasteiger partial charge in [0.2, 0.25) is 11.2 Å². The first kappa shape index (κ1) is 55.3. The van der Waals surface area contributed by atoms with E-state index in [9.17, 15) is 56.8 Å². The molecule has 2 fully saturated rings. The number of rotatable bonds is 16. The molecule has 0 saturated carbocycles. The van der Waals surface area contributed by atoms with Crippen molar-refractivity contribution in [2.24, 2.45) is 0 Å². The molecule has 10 rings (SSSR count). The average Bonchev–Trinajstić information content (AvgIpc) is 4.20. The number of aromatic nitrogens is 2. The summed E-state index contributed by atoms with van der Waals surface area (Å²) in [5.74, 6) is 0. The number of aliphatic hydroxyl groups is 2. The number of benzene rings is 6. The third kappa shape index (κ3) is 12.4. The molecule has 20 heteroatoms. The molecule has 0 spiro atoms. The zero-order chi connectivity index (χ0) is 55.2. The molecule has 14 nitrogen and oxygen atoms in total. The first-order chi connectivity index (χ1) is 37.3. The van der Waals surface area contributed by atoms with Crippen LogP contribution in [0.1, 0.15) is 33.4 Å². The fraction of sp³-hybridized carbons (Fsp3) is 0.310. The van der Waals surface area contributed by atoms with Crippen LogP contribution in [0.15, 0.2) is 170 Å². The van der Waals surface area contributed by atoms with Gasteiger partial charge in [-0.2, -0.15) is 26.3 Å². The van der Waals surface area contributed by atoms with Crippen molar-refractivity contribution in [1.29, 1.82) is 0 Å². The molecule has 0 bridgehead atoms. The van der Waals surface area contributed by atoms with Gasteiger partial charge in [0.05, 0.1) is 20.9 Å². The molecule has 2 saturated heterocycles. The van der Waals surface area contributed by atoms with Crippen molar-refractivity contribution in [3.63, 3.8) is 0 Å². The van der Waals surface area contributed by atoms with Crippen LogP contribution >= 0.6 is 0 Å². The fourth-order valence-electron chi connectivity index (χ4n) is 10.5. The molecule has 8 aromatic rings. The average molecular weight is 1080 g/mol. The number of non-ortho nitro benzene ring substituents is 2. The Labute approximate surface area is 445 Å². The second-order valence-corrected chi connectivity index (χ2v) is 20.0. The van der Waals surface area contributed by atoms with Crippen LogP contribution in [-0.2, 0) is 37.4 Å². The van der Waals surface area contributed by atoms with E-state index in [1.165, 1.54) is 48.8 Å². The van der Waals surface area contributed by atoms with Crippen molar-refractivity contribution in [3.8, 4) is 0 Å². The van der Waals surface area contributed by atoms with Crippen molar-refractivity contribution in [2.75, 3.05) is 65.4 Å². The number of hydrogen-bond donors (Lipinski definition) is 2. The SMILES string of the molecule is O=[N+]([O-])c1ccc2c(C(O)(CN3CCN(Cc4ccccc4)CC3)C(F)(F)F)cn(Cc3ccccc3)c2c1.O=[N+]([O-])c1ccc2c(C(O)(CN3CCN(Cc4ccccc4)CC3)C(F)(F)F)cn(Cc3ccccc3)c2c1. The second kappa shape index (κ2) is 23.2. The van der Waals surface area contributed by atoms with Crippen LogP contribution < -0.4 is 0 Å². The van der Waals surface area contributed by atoms with E-state index in [0.29, 0.717) is 65.4 Å². The quantitative estimate of drug-likeness (QED) is 0.0544. The van der Waals surface area contributed by atoms with Gasteiger partial charge in [-0.25, -0.2) is 0 Å². The van der Waals surface area contributed by atoms with E-state index in [-0.39, 0.29) is 57.4 Å². The van der Waals surface area contributed by atoms with E-state index in [1.807, 2.05) is 121 Å². The number of nitro benzene ring substituents is 2. The third-order valence-electron chi connectivity index (χ3n) is 14.7. The summed E-state index contributed by atoms with van der Waals surface area (Å²) in [7, 11) is 0. The summed E-state index contributed by atoms with van der Waals surface area (Å²) in [6, 6.07) is 45.5. The minimum absolute atomic E-state index is 0.138. The number of halogens is 6. The highest BCUT2D eigenvalue weighted by molar-refractivity contribution is 5.88. The maximum absolute atomic E-state index is 14.7. The lowest BCUT2D eigenvalue weighted by Gasteiger charge is -2.40. The van der Waals surface area contributed by atoms with Gasteiger partial charge in [0.15, 0.2) is 0 Å². The molecular weight excluding hydrogens is 1020 g/mol. The summed E-state index contributed by atoms with van der Waals surface area (Å²) in [6.45, 7) is 4.36. The van der Waals surface area contributed by atoms with Crippen molar-refractivity contribution >= 4 is 33.2 Å². The van der Waals surface area contributed by atoms with Gasteiger partial charge in [0.1, 0.15) is 0 Å². The highest BCUT2D eigenvalue weighted by atomic mass is 19.4. The fourth-order valence-corrected chi connectivity index (χ4v) is 10.5. The van der Waals surface area contributed by atoms with E-state index in [4.69, 9.17) is 0 Å². The maximum Gasteiger partial charge on any atom is 0.422 e. The number of nitrogens with zero attached hydrogens (tertiary/aromatic N) is 8. The van der Waals surface area contributed by atoms with Crippen molar-refractivity contribution in [1.82, 2.24) is 28.7 Å². The number of nitro groups is 2. The lowest BCUT2D eigenvalue weighted by molar-refractivity contribution is -0.384. The van der Waals surface area contributed by atoms with Gasteiger partial charge < -0.3 is 19.3 Å². The predicted molar refractivity (Wildman–Crippen MR) is 284 cm³/mol. The molecule has 408 valence electrons. The summed E-state index contributed by atoms with van der Waals surface area (Å²) in [6.07, 6.45) is -7.36. The summed E-state index contributed by atoms with van der Waals surface area (Å²) >= 11 is 0. The van der Waals surface area contributed by atoms with Crippen LogP contribution in [0.4, 0.5) is 37.7 Å². The standard InChI is InChI=1S/2C29H29F3N4O3/c2*30-29(31,32)28(37,21-34-15-13-33(14-16-34)18-22-7-3-1-4-8-22)26-20-35(19-23-9-5-2-6-10-23)27-17-24(36(38)39)11-12-25(26)27/h2*1-12,17,20,37H,13-16,18-19,21H2. The van der Waals surface area contributed by atoms with Crippen molar-refractivity contribution in [3.05, 3.63) is 224 Å². The van der Waals surface area contributed by atoms with E-state index in [2.05, 4.69) is 9.80 Å². The molecule has 2 N–H and O–H groups in total. The normalized spacial score (nSPS) is 16.8. The molecule has 78 heavy (non-hydrogen) atoms. The molecule has 0 aliphatic carbocycles. The molecule has 4 heterocycles. The van der Waals surface area contributed by atoms with Crippen LogP contribution in [0.3, 0.4) is 0 Å². The van der Waals surface area contributed by atoms with Gasteiger partial charge in [-0.1, -0.05) is 121 Å². The largest absolute Gasteiger partial charge is 0.422 e. The topological polar surface area (TPSA) is 150 Å². The Morgan fingerprint density at radius 3 is 0.974 bits per heavy atom. The first-order valence-electron chi connectivity index (χ1n) is 25.5. The summed E-state index contributed by atoms with van der Waals surface area (Å²) in [5, 5.41) is 46.0. The number of β-amino-alcohol motifs (C(OH)–C–C–N with tert-alkyl or cyclic N) is 2. The highest BCUT2D eigenvalue weighted by Crippen LogP contribution is 2.46. The lowest BCUT2D eigenvalue weighted by atomic mass is 9.91. The highest BCUT2D eigenvalue weighted by Gasteiger charge is 2.58. The maximum atomic E-state index is 14.7. The molecule has 2 aliphatic heterocycles. The number of hydrogen-bond acceptors (Lipinski definition) is 10. The molecular formula is C58H58F6N8O6. The smallest absolute Gasteiger partial charge is 0.375 e. The van der Waals surface area contributed by atoms with Gasteiger partial charge in [0.25, 0.3) is 11.4 Å². The van der Waals surface area contributed by atoms with Gasteiger partial charge in [-0.05, 0) is 34.4 Å². The monoisotopic (exact) mass is 1080 g/mol. The van der Waals surface area contributed by atoms with Crippen LogP contribution in [-0.4, -0.2) is 127 Å². The Kier molecular flexibility index (Phi) is 16.5. The summed E-state index contributed by atoms with van der Waals surface area (Å²) < 4.78 is 91.1. The van der Waals surface area contributed by atoms with Crippen LogP contribution in [0.2, 0.25) is 0 Å². The van der Waals surface area contributed by atoms with Gasteiger partial charge in [0, 0.05) is 150 Å². The third-order valence-corrected chi connectivity index (χ3v) is 14.7. The number of fused-ring (bicyclic) bond motifs is 2. The summed E-state index contributed by atoms with van der Waals surface area (Å²) in [4.78, 5) is 29.4. The van der Waals surface area contributed by atoms with Crippen LogP contribution in [0, 0.1) is 20.2 Å². The molecule has 2 unspecified atom stereocenters. The number of piperazine rings is 2. The van der Waals surface area contributed by atoms with Gasteiger partial charge >= 0.3 is 12.4 Å². The van der Waals surface area contributed by atoms with Crippen molar-refractivity contribution in [2.45, 2.75) is 49.7 Å². The minimum Gasteiger partial charge on any atom is -0.375 e. The first-order valence-corrected chi connectivity index (χ1v) is 25.5. The van der Waals surface area contributed by atoms with Gasteiger partial charge in [-0.15, -0.1) is 0 Å². The zero-order valence-corrected chi connectivity index (χ0v) is 42.4. The van der Waals surface area contributed by atoms with E-state index >= 15 is 0 Å². The van der Waals surface area contributed by atoms with Gasteiger partial charge in [-0.3, -0.25) is 39.8 Å². The lowest BCUT2D eigenvalue weighted by Crippen LogP contribution is -2.55. The Balaban J connectivity index is 0.000000190. The number of alkyl halides is 6. The van der Waals surface area contributed by atoms with E-state index in [1.54, 1.807) is 18.9 Å². The van der Waals surface area contributed by atoms with Crippen molar-refractivity contribution < 1.29 is 46.4 Å². The Morgan fingerprint density at radius 1 is 0.410 bits per heavy atom. The molecule has 2 aromatic heterocycles. The molecule has 2 atom stereocenters. The summed E-state index contributed by atoms with van der Waals surface area (Å²) in [5.41, 5.74) is -2.96. The predicted octanol–water partition coefficient (Wildman–Crippen LogP) is 10.3. The van der Waals surface area contributed by atoms with E-state index in [0.717, 1.165) is 22.3 Å². The van der Waals surface area contributed by atoms with E-state index < -0.39 is 46.5 Å². The molecule has 0 radical (unpaired) electrons. The Bertz CT molecular complexity index is 3090. The van der Waals surface area contributed by atoms with Crippen LogP contribution in [0.25, 0.3) is 21.8 Å². The van der Waals surface area contributed by atoms with Crippen LogP contribution in [0.5, 0.6) is 0 Å². The zero-order valence-electron chi connectivity index (χ0n) is 42.4. The Morgan fingerprint density at radius 2 is 0.692 bits per heavy atom. The molecule has 6 aromatic carbocycles.